The molecular formula is C21H22F2N6O2. The van der Waals surface area contributed by atoms with E-state index in [2.05, 4.69) is 30.5 Å². The van der Waals surface area contributed by atoms with Gasteiger partial charge in [0.1, 0.15) is 11.5 Å². The summed E-state index contributed by atoms with van der Waals surface area (Å²) in [7, 11) is 0. The molecule has 2 unspecified atom stereocenters. The molecule has 8 nitrogen and oxygen atoms in total. The highest BCUT2D eigenvalue weighted by Gasteiger charge is 2.49. The summed E-state index contributed by atoms with van der Waals surface area (Å²) < 4.78 is 28.4. The third-order valence-corrected chi connectivity index (χ3v) is 6.80. The normalized spacial score (nSPS) is 22.8. The number of carbonyl (C=O) groups is 1. The van der Waals surface area contributed by atoms with Gasteiger partial charge in [0.05, 0.1) is 23.7 Å². The van der Waals surface area contributed by atoms with Gasteiger partial charge in [-0.15, -0.1) is 0 Å². The van der Waals surface area contributed by atoms with Gasteiger partial charge < -0.3 is 10.4 Å². The first-order valence-corrected chi connectivity index (χ1v) is 10.5. The Morgan fingerprint density at radius 1 is 1.16 bits per heavy atom. The Morgan fingerprint density at radius 3 is 2.71 bits per heavy atom. The molecular weight excluding hydrogens is 406 g/mol. The predicted molar refractivity (Wildman–Crippen MR) is 108 cm³/mol. The van der Waals surface area contributed by atoms with E-state index < -0.39 is 29.6 Å². The van der Waals surface area contributed by atoms with E-state index in [4.69, 9.17) is 0 Å². The highest BCUT2D eigenvalue weighted by Crippen LogP contribution is 2.51. The second-order valence-electron chi connectivity index (χ2n) is 8.54. The van der Waals surface area contributed by atoms with Crippen molar-refractivity contribution in [3.8, 4) is 11.5 Å². The Balaban J connectivity index is 1.54. The minimum absolute atomic E-state index is 0.0602. The molecule has 3 aromatic rings. The number of aromatic nitrogens is 5. The third-order valence-electron chi connectivity index (χ3n) is 6.80. The standard InChI is InChI=1S/C21H22F2N6O2/c22-11-8-13-15(28-29-17(13)24-9-11)19-25-10-14(23)18(27-19)26-16-12(20(30)31)4-3-7-21(16)5-1-2-6-21/h8-10,12,16H,1-7H2,(H,30,31)(H,24,28,29)(H,25,26,27). The largest absolute Gasteiger partial charge is 0.481 e. The number of pyridine rings is 1. The second kappa shape index (κ2) is 7.51. The number of aliphatic carboxylic acids is 1. The van der Waals surface area contributed by atoms with Crippen molar-refractivity contribution in [3.63, 3.8) is 0 Å². The van der Waals surface area contributed by atoms with Crippen molar-refractivity contribution in [1.82, 2.24) is 25.1 Å². The topological polar surface area (TPSA) is 117 Å². The average molecular weight is 428 g/mol. The van der Waals surface area contributed by atoms with Crippen molar-refractivity contribution >= 4 is 22.8 Å². The van der Waals surface area contributed by atoms with Crippen LogP contribution in [-0.4, -0.2) is 42.3 Å². The number of anilines is 1. The van der Waals surface area contributed by atoms with Crippen LogP contribution in [0.25, 0.3) is 22.6 Å². The molecule has 0 saturated heterocycles. The smallest absolute Gasteiger partial charge is 0.308 e. The molecule has 0 amide bonds. The van der Waals surface area contributed by atoms with Gasteiger partial charge in [-0.05, 0) is 37.2 Å². The number of H-pyrrole nitrogens is 1. The minimum atomic E-state index is -0.877. The molecule has 3 heterocycles. The maximum absolute atomic E-state index is 14.7. The maximum Gasteiger partial charge on any atom is 0.308 e. The predicted octanol–water partition coefficient (Wildman–Crippen LogP) is 3.92. The van der Waals surface area contributed by atoms with Crippen LogP contribution in [0, 0.1) is 23.0 Å². The van der Waals surface area contributed by atoms with Crippen LogP contribution < -0.4 is 5.32 Å². The van der Waals surface area contributed by atoms with Gasteiger partial charge in [-0.25, -0.2) is 23.7 Å². The summed E-state index contributed by atoms with van der Waals surface area (Å²) >= 11 is 0. The van der Waals surface area contributed by atoms with Crippen LogP contribution in [0.2, 0.25) is 0 Å². The fourth-order valence-corrected chi connectivity index (χ4v) is 5.36. The summed E-state index contributed by atoms with van der Waals surface area (Å²) in [5.41, 5.74) is 0.436. The monoisotopic (exact) mass is 428 g/mol. The van der Waals surface area contributed by atoms with E-state index in [1.807, 2.05) is 0 Å². The first-order chi connectivity index (χ1) is 15.0. The number of nitrogens with zero attached hydrogens (tertiary/aromatic N) is 4. The molecule has 0 bridgehead atoms. The van der Waals surface area contributed by atoms with Crippen LogP contribution in [0.4, 0.5) is 14.6 Å². The number of hydrogen-bond donors (Lipinski definition) is 3. The maximum atomic E-state index is 14.7. The molecule has 31 heavy (non-hydrogen) atoms. The molecule has 2 saturated carbocycles. The average Bonchev–Trinajstić information content (AvgIpc) is 3.38. The van der Waals surface area contributed by atoms with Crippen LogP contribution in [0.15, 0.2) is 18.5 Å². The van der Waals surface area contributed by atoms with Crippen LogP contribution in [0.5, 0.6) is 0 Å². The highest BCUT2D eigenvalue weighted by atomic mass is 19.1. The zero-order chi connectivity index (χ0) is 21.6. The summed E-state index contributed by atoms with van der Waals surface area (Å²) in [6, 6.07) is 0.837. The number of halogens is 2. The van der Waals surface area contributed by atoms with Crippen LogP contribution in [0.3, 0.4) is 0 Å². The molecule has 3 N–H and O–H groups in total. The molecule has 2 atom stereocenters. The Morgan fingerprint density at radius 2 is 1.94 bits per heavy atom. The fraction of sp³-hybridized carbons (Fsp3) is 0.476. The Kier molecular flexibility index (Phi) is 4.79. The van der Waals surface area contributed by atoms with Gasteiger partial charge in [0, 0.05) is 6.04 Å². The lowest BCUT2D eigenvalue weighted by Gasteiger charge is -2.45. The van der Waals surface area contributed by atoms with Crippen LogP contribution in [0.1, 0.15) is 44.9 Å². The van der Waals surface area contributed by atoms with Gasteiger partial charge in [-0.2, -0.15) is 5.10 Å². The van der Waals surface area contributed by atoms with Gasteiger partial charge in [-0.3, -0.25) is 9.89 Å². The Labute approximate surface area is 176 Å². The summed E-state index contributed by atoms with van der Waals surface area (Å²) in [6.07, 6.45) is 8.33. The van der Waals surface area contributed by atoms with Gasteiger partial charge in [0.2, 0.25) is 0 Å². The van der Waals surface area contributed by atoms with E-state index in [9.17, 15) is 18.7 Å². The van der Waals surface area contributed by atoms with Gasteiger partial charge in [-0.1, -0.05) is 19.3 Å². The number of nitrogens with one attached hydrogen (secondary N) is 2. The molecule has 5 rings (SSSR count). The molecule has 2 aliphatic carbocycles. The SMILES string of the molecule is O=C(O)C1CCCC2(CCCC2)C1Nc1nc(-c2n[nH]c3ncc(F)cc23)ncc1F. The van der Waals surface area contributed by atoms with E-state index in [-0.39, 0.29) is 22.8 Å². The summed E-state index contributed by atoms with van der Waals surface area (Å²) in [6.45, 7) is 0. The van der Waals surface area contributed by atoms with E-state index in [1.54, 1.807) is 0 Å². The van der Waals surface area contributed by atoms with Gasteiger partial charge >= 0.3 is 5.97 Å². The Bertz CT molecular complexity index is 1140. The van der Waals surface area contributed by atoms with Crippen molar-refractivity contribution in [2.24, 2.45) is 11.3 Å². The van der Waals surface area contributed by atoms with E-state index >= 15 is 0 Å². The van der Waals surface area contributed by atoms with Crippen molar-refractivity contribution in [2.45, 2.75) is 51.0 Å². The zero-order valence-electron chi connectivity index (χ0n) is 16.7. The number of carboxylic acids is 1. The lowest BCUT2D eigenvalue weighted by atomic mass is 9.64. The first-order valence-electron chi connectivity index (χ1n) is 10.5. The third kappa shape index (κ3) is 3.39. The zero-order valence-corrected chi connectivity index (χ0v) is 16.7. The number of hydrogen-bond acceptors (Lipinski definition) is 6. The second-order valence-corrected chi connectivity index (χ2v) is 8.54. The molecule has 10 heteroatoms. The number of carboxylic acid groups (broad SMARTS) is 1. The molecule has 162 valence electrons. The molecule has 0 radical (unpaired) electrons. The van der Waals surface area contributed by atoms with E-state index in [0.717, 1.165) is 50.9 Å². The number of fused-ring (bicyclic) bond motifs is 1. The van der Waals surface area contributed by atoms with Crippen molar-refractivity contribution in [3.05, 3.63) is 30.1 Å². The van der Waals surface area contributed by atoms with Crippen molar-refractivity contribution in [1.29, 1.82) is 0 Å². The fourth-order valence-electron chi connectivity index (χ4n) is 5.36. The molecule has 0 aliphatic heterocycles. The lowest BCUT2D eigenvalue weighted by molar-refractivity contribution is -0.145. The number of aromatic amines is 1. The van der Waals surface area contributed by atoms with Crippen LogP contribution >= 0.6 is 0 Å². The Hall–Kier alpha value is -3.17. The molecule has 2 aliphatic rings. The minimum Gasteiger partial charge on any atom is -0.481 e. The lowest BCUT2D eigenvalue weighted by Crippen LogP contribution is -2.50. The first kappa shape index (κ1) is 19.8. The summed E-state index contributed by atoms with van der Waals surface area (Å²) in [4.78, 5) is 24.3. The van der Waals surface area contributed by atoms with E-state index in [1.165, 1.54) is 6.07 Å². The van der Waals surface area contributed by atoms with Gasteiger partial charge in [0.25, 0.3) is 0 Å². The molecule has 2 fully saturated rings. The molecule has 0 aromatic carbocycles. The molecule has 3 aromatic heterocycles. The summed E-state index contributed by atoms with van der Waals surface area (Å²) in [5, 5.41) is 20.2. The summed E-state index contributed by atoms with van der Waals surface area (Å²) in [5.74, 6) is -2.66. The quantitative estimate of drug-likeness (QED) is 0.577. The molecule has 1 spiro atoms. The highest BCUT2D eigenvalue weighted by molar-refractivity contribution is 5.88. The number of rotatable bonds is 4. The van der Waals surface area contributed by atoms with Crippen LogP contribution in [-0.2, 0) is 4.79 Å². The van der Waals surface area contributed by atoms with Crippen molar-refractivity contribution in [2.75, 3.05) is 5.32 Å². The van der Waals surface area contributed by atoms with E-state index in [0.29, 0.717) is 17.5 Å². The van der Waals surface area contributed by atoms with Gasteiger partial charge in [0.15, 0.2) is 23.1 Å². The van der Waals surface area contributed by atoms with Crippen molar-refractivity contribution < 1.29 is 18.7 Å².